The molecule has 1 saturated heterocycles. The molecule has 1 aromatic carbocycles. The van der Waals surface area contributed by atoms with Crippen molar-refractivity contribution in [2.24, 2.45) is 0 Å². The summed E-state index contributed by atoms with van der Waals surface area (Å²) in [6.45, 7) is 3.64. The Morgan fingerprint density at radius 3 is 2.58 bits per heavy atom. The van der Waals surface area contributed by atoms with Gasteiger partial charge in [-0.1, -0.05) is 0 Å². The summed E-state index contributed by atoms with van der Waals surface area (Å²) in [7, 11) is 3.23. The molecule has 1 heterocycles. The summed E-state index contributed by atoms with van der Waals surface area (Å²) in [4.78, 5) is 39.8. The molecular formula is C17H23N3O4. The number of carbonyl (C=O) groups is 3. The van der Waals surface area contributed by atoms with E-state index in [2.05, 4.69) is 15.0 Å². The predicted octanol–water partition coefficient (Wildman–Crippen LogP) is 0.646. The Morgan fingerprint density at radius 2 is 2.00 bits per heavy atom. The van der Waals surface area contributed by atoms with Crippen molar-refractivity contribution < 1.29 is 19.1 Å². The van der Waals surface area contributed by atoms with Crippen LogP contribution >= 0.6 is 0 Å². The highest BCUT2D eigenvalue weighted by Gasteiger charge is 2.35. The third kappa shape index (κ3) is 3.84. The van der Waals surface area contributed by atoms with Gasteiger partial charge in [0.15, 0.2) is 0 Å². The van der Waals surface area contributed by atoms with Crippen LogP contribution in [0.2, 0.25) is 0 Å². The number of hydrogen-bond acceptors (Lipinski definition) is 5. The van der Waals surface area contributed by atoms with Gasteiger partial charge < -0.3 is 19.9 Å². The number of ether oxygens (including phenoxy) is 1. The average molecular weight is 333 g/mol. The molecule has 1 N–H and O–H groups in total. The molecule has 0 spiro atoms. The maximum atomic E-state index is 12.8. The number of nitrogens with zero attached hydrogens (tertiary/aromatic N) is 2. The summed E-state index contributed by atoms with van der Waals surface area (Å²) in [5.74, 6) is -1.11. The van der Waals surface area contributed by atoms with Crippen molar-refractivity contribution in [3.63, 3.8) is 0 Å². The molecule has 0 aliphatic carbocycles. The van der Waals surface area contributed by atoms with E-state index in [9.17, 15) is 14.4 Å². The van der Waals surface area contributed by atoms with E-state index in [-0.39, 0.29) is 18.2 Å². The number of nitrogens with one attached hydrogen (secondary N) is 1. The first-order valence-corrected chi connectivity index (χ1v) is 7.94. The highest BCUT2D eigenvalue weighted by Crippen LogP contribution is 2.18. The van der Waals surface area contributed by atoms with Crippen LogP contribution in [0.3, 0.4) is 0 Å². The lowest BCUT2D eigenvalue weighted by Crippen LogP contribution is -2.57. The smallest absolute Gasteiger partial charge is 0.308 e. The molecule has 0 saturated carbocycles. The zero-order chi connectivity index (χ0) is 17.7. The second kappa shape index (κ2) is 7.81. The Kier molecular flexibility index (Phi) is 5.78. The average Bonchev–Trinajstić information content (AvgIpc) is 2.62. The van der Waals surface area contributed by atoms with Gasteiger partial charge in [0.2, 0.25) is 5.91 Å². The minimum absolute atomic E-state index is 0.148. The van der Waals surface area contributed by atoms with Crippen molar-refractivity contribution >= 4 is 23.5 Å². The third-order valence-corrected chi connectivity index (χ3v) is 4.21. The van der Waals surface area contributed by atoms with Crippen LogP contribution in [0, 0.1) is 0 Å². The van der Waals surface area contributed by atoms with E-state index in [4.69, 9.17) is 0 Å². The van der Waals surface area contributed by atoms with Crippen LogP contribution in [0.4, 0.5) is 5.69 Å². The van der Waals surface area contributed by atoms with E-state index >= 15 is 0 Å². The predicted molar refractivity (Wildman–Crippen MR) is 89.9 cm³/mol. The van der Waals surface area contributed by atoms with E-state index in [1.165, 1.54) is 12.0 Å². The first kappa shape index (κ1) is 17.8. The fraction of sp³-hybridized carbons (Fsp3) is 0.471. The normalized spacial score (nSPS) is 17.2. The van der Waals surface area contributed by atoms with Crippen molar-refractivity contribution in [1.82, 2.24) is 10.2 Å². The van der Waals surface area contributed by atoms with Gasteiger partial charge in [0, 0.05) is 37.9 Å². The fourth-order valence-electron chi connectivity index (χ4n) is 2.61. The van der Waals surface area contributed by atoms with Crippen molar-refractivity contribution in [2.45, 2.75) is 19.4 Å². The molecule has 1 aliphatic rings. The van der Waals surface area contributed by atoms with Gasteiger partial charge in [-0.2, -0.15) is 0 Å². The number of carbonyl (C=O) groups excluding carboxylic acids is 3. The van der Waals surface area contributed by atoms with Crippen LogP contribution in [0.5, 0.6) is 0 Å². The monoisotopic (exact) mass is 333 g/mol. The summed E-state index contributed by atoms with van der Waals surface area (Å²) in [6.07, 6.45) is -0.148. The maximum Gasteiger partial charge on any atom is 0.308 e. The van der Waals surface area contributed by atoms with Gasteiger partial charge >= 0.3 is 5.97 Å². The van der Waals surface area contributed by atoms with Gasteiger partial charge in [0.1, 0.15) is 6.04 Å². The van der Waals surface area contributed by atoms with Gasteiger partial charge in [0.25, 0.3) is 5.91 Å². The fourth-order valence-corrected chi connectivity index (χ4v) is 2.61. The van der Waals surface area contributed by atoms with Crippen molar-refractivity contribution in [3.8, 4) is 0 Å². The number of rotatable bonds is 5. The molecule has 0 bridgehead atoms. The lowest BCUT2D eigenvalue weighted by atomic mass is 10.1. The summed E-state index contributed by atoms with van der Waals surface area (Å²) in [5.41, 5.74) is 1.50. The topological polar surface area (TPSA) is 79.0 Å². The number of hydrogen-bond donors (Lipinski definition) is 1. The Labute approximate surface area is 141 Å². The van der Waals surface area contributed by atoms with Gasteiger partial charge in [-0.15, -0.1) is 0 Å². The van der Waals surface area contributed by atoms with Crippen LogP contribution in [0.25, 0.3) is 0 Å². The zero-order valence-electron chi connectivity index (χ0n) is 14.2. The van der Waals surface area contributed by atoms with Gasteiger partial charge in [0.05, 0.1) is 13.5 Å². The SMILES string of the molecule is CCN(C)c1ccc(C(=O)N2CCNC(=O)C2CC(=O)OC)cc1. The highest BCUT2D eigenvalue weighted by molar-refractivity contribution is 5.99. The molecule has 7 heteroatoms. The van der Waals surface area contributed by atoms with Crippen LogP contribution < -0.4 is 10.2 Å². The molecule has 2 rings (SSSR count). The van der Waals surface area contributed by atoms with E-state index in [1.54, 1.807) is 12.1 Å². The molecule has 0 radical (unpaired) electrons. The van der Waals surface area contributed by atoms with Crippen molar-refractivity contribution in [3.05, 3.63) is 29.8 Å². The molecule has 1 aromatic rings. The molecular weight excluding hydrogens is 310 g/mol. The van der Waals surface area contributed by atoms with Crippen LogP contribution in [0.15, 0.2) is 24.3 Å². The van der Waals surface area contributed by atoms with Crippen LogP contribution in [0.1, 0.15) is 23.7 Å². The number of esters is 1. The highest BCUT2D eigenvalue weighted by atomic mass is 16.5. The van der Waals surface area contributed by atoms with E-state index < -0.39 is 12.0 Å². The number of benzene rings is 1. The summed E-state index contributed by atoms with van der Waals surface area (Å²) in [5, 5.41) is 2.68. The summed E-state index contributed by atoms with van der Waals surface area (Å²) in [6, 6.07) is 6.39. The minimum atomic E-state index is -0.836. The Morgan fingerprint density at radius 1 is 1.33 bits per heavy atom. The Bertz CT molecular complexity index is 615. The van der Waals surface area contributed by atoms with Gasteiger partial charge in [-0.3, -0.25) is 14.4 Å². The molecule has 2 amide bonds. The molecule has 7 nitrogen and oxygen atoms in total. The summed E-state index contributed by atoms with van der Waals surface area (Å²) < 4.78 is 4.63. The molecule has 0 aromatic heterocycles. The number of amides is 2. The molecule has 1 atom stereocenters. The van der Waals surface area contributed by atoms with E-state index in [0.29, 0.717) is 18.7 Å². The van der Waals surface area contributed by atoms with E-state index in [0.717, 1.165) is 12.2 Å². The van der Waals surface area contributed by atoms with Gasteiger partial charge in [-0.05, 0) is 31.2 Å². The maximum absolute atomic E-state index is 12.8. The minimum Gasteiger partial charge on any atom is -0.469 e. The van der Waals surface area contributed by atoms with E-state index in [1.807, 2.05) is 26.1 Å². The third-order valence-electron chi connectivity index (χ3n) is 4.21. The molecule has 1 fully saturated rings. The quantitative estimate of drug-likeness (QED) is 0.800. The Hall–Kier alpha value is -2.57. The standard InChI is InChI=1S/C17H23N3O4/c1-4-19(2)13-7-5-12(6-8-13)17(23)20-10-9-18-16(22)14(20)11-15(21)24-3/h5-8,14H,4,9-11H2,1-3H3,(H,18,22). The number of methoxy groups -OCH3 is 1. The molecule has 130 valence electrons. The number of anilines is 1. The van der Waals surface area contributed by atoms with Crippen LogP contribution in [-0.4, -0.2) is 62.5 Å². The first-order valence-electron chi connectivity index (χ1n) is 7.94. The second-order valence-electron chi connectivity index (χ2n) is 5.65. The number of piperazine rings is 1. The lowest BCUT2D eigenvalue weighted by molar-refractivity contribution is -0.145. The molecule has 1 unspecified atom stereocenters. The van der Waals surface area contributed by atoms with Crippen molar-refractivity contribution in [2.75, 3.05) is 38.7 Å². The first-order chi connectivity index (χ1) is 11.5. The zero-order valence-corrected chi connectivity index (χ0v) is 14.2. The van der Waals surface area contributed by atoms with Crippen molar-refractivity contribution in [1.29, 1.82) is 0 Å². The largest absolute Gasteiger partial charge is 0.469 e. The van der Waals surface area contributed by atoms with Gasteiger partial charge in [-0.25, -0.2) is 0 Å². The summed E-state index contributed by atoms with van der Waals surface area (Å²) >= 11 is 0. The Balaban J connectivity index is 2.19. The molecule has 24 heavy (non-hydrogen) atoms. The molecule has 1 aliphatic heterocycles. The van der Waals surface area contributed by atoms with Crippen LogP contribution in [-0.2, 0) is 14.3 Å². The second-order valence-corrected chi connectivity index (χ2v) is 5.65. The lowest BCUT2D eigenvalue weighted by Gasteiger charge is -2.34.